The quantitative estimate of drug-likeness (QED) is 0.542. The van der Waals surface area contributed by atoms with Crippen molar-refractivity contribution in [3.05, 3.63) is 116 Å². The average molecular weight is 377 g/mol. The zero-order valence-electron chi connectivity index (χ0n) is 14.5. The third-order valence-corrected chi connectivity index (χ3v) is 4.97. The number of aromatic nitrogens is 2. The minimum absolute atomic E-state index is 0.228. The number of hydrogen-bond donors (Lipinski definition) is 0. The van der Waals surface area contributed by atoms with E-state index in [1.54, 1.807) is 28.8 Å². The van der Waals surface area contributed by atoms with Crippen LogP contribution in [-0.2, 0) is 13.1 Å². The molecule has 1 heterocycles. The minimum atomic E-state index is -0.345. The molecule has 0 bridgehead atoms. The van der Waals surface area contributed by atoms with E-state index < -0.39 is 0 Å². The highest BCUT2D eigenvalue weighted by molar-refractivity contribution is 6.31. The number of benzene rings is 3. The number of rotatable bonds is 4. The molecular weight excluding hydrogens is 360 g/mol. The lowest BCUT2D eigenvalue weighted by atomic mass is 10.2. The van der Waals surface area contributed by atoms with Gasteiger partial charge < -0.3 is 0 Å². The van der Waals surface area contributed by atoms with Crippen LogP contribution in [0.25, 0.3) is 10.9 Å². The smallest absolute Gasteiger partial charge is 0.289 e. The monoisotopic (exact) mass is 376 g/mol. The van der Waals surface area contributed by atoms with Crippen LogP contribution < -0.4 is 11.2 Å². The zero-order chi connectivity index (χ0) is 18.8. The number of halogens is 1. The predicted molar refractivity (Wildman–Crippen MR) is 109 cm³/mol. The van der Waals surface area contributed by atoms with Gasteiger partial charge in [-0.1, -0.05) is 72.3 Å². The lowest BCUT2D eigenvalue weighted by Crippen LogP contribution is -2.40. The summed E-state index contributed by atoms with van der Waals surface area (Å²) >= 11 is 6.29. The van der Waals surface area contributed by atoms with Crippen molar-refractivity contribution in [3.63, 3.8) is 0 Å². The molecule has 5 heteroatoms. The molecule has 0 aliphatic rings. The van der Waals surface area contributed by atoms with Crippen molar-refractivity contribution < 1.29 is 0 Å². The van der Waals surface area contributed by atoms with Gasteiger partial charge in [-0.15, -0.1) is 0 Å². The fraction of sp³-hybridized carbons (Fsp3) is 0.0909. The summed E-state index contributed by atoms with van der Waals surface area (Å²) in [7, 11) is 0. The number of fused-ring (bicyclic) bond motifs is 1. The van der Waals surface area contributed by atoms with E-state index in [1.807, 2.05) is 54.6 Å². The molecule has 0 amide bonds. The largest absolute Gasteiger partial charge is 0.332 e. The molecule has 0 unspecified atom stereocenters. The van der Waals surface area contributed by atoms with E-state index in [0.717, 1.165) is 11.1 Å². The van der Waals surface area contributed by atoms with Crippen molar-refractivity contribution in [1.29, 1.82) is 0 Å². The molecule has 27 heavy (non-hydrogen) atoms. The lowest BCUT2D eigenvalue weighted by molar-refractivity contribution is 0.635. The molecule has 0 spiro atoms. The first kappa shape index (κ1) is 17.3. The Kier molecular flexibility index (Phi) is 4.65. The van der Waals surface area contributed by atoms with E-state index in [-0.39, 0.29) is 17.8 Å². The van der Waals surface area contributed by atoms with Gasteiger partial charge in [-0.2, -0.15) is 0 Å². The molecule has 0 N–H and O–H groups in total. The molecule has 0 aliphatic carbocycles. The van der Waals surface area contributed by atoms with E-state index in [9.17, 15) is 9.59 Å². The molecule has 0 saturated heterocycles. The van der Waals surface area contributed by atoms with Crippen LogP contribution in [0.15, 0.2) is 88.5 Å². The fourth-order valence-corrected chi connectivity index (χ4v) is 3.42. The second-order valence-electron chi connectivity index (χ2n) is 6.35. The van der Waals surface area contributed by atoms with Crippen LogP contribution in [0.2, 0.25) is 5.02 Å². The molecule has 0 saturated carbocycles. The normalized spacial score (nSPS) is 11.0. The van der Waals surface area contributed by atoms with Gasteiger partial charge in [0.05, 0.1) is 24.0 Å². The Morgan fingerprint density at radius 1 is 0.704 bits per heavy atom. The zero-order valence-corrected chi connectivity index (χ0v) is 15.3. The van der Waals surface area contributed by atoms with E-state index >= 15 is 0 Å². The van der Waals surface area contributed by atoms with Crippen LogP contribution in [0.3, 0.4) is 0 Å². The van der Waals surface area contributed by atoms with Crippen molar-refractivity contribution in [1.82, 2.24) is 9.13 Å². The molecule has 4 nitrogen and oxygen atoms in total. The Hall–Kier alpha value is -3.11. The number of para-hydroxylation sites is 1. The highest BCUT2D eigenvalue weighted by Crippen LogP contribution is 2.17. The fourth-order valence-electron chi connectivity index (χ4n) is 3.23. The number of hydrogen-bond acceptors (Lipinski definition) is 2. The first-order valence-corrected chi connectivity index (χ1v) is 9.02. The number of nitrogens with zero attached hydrogens (tertiary/aromatic N) is 2. The van der Waals surface area contributed by atoms with Crippen LogP contribution in [0.1, 0.15) is 11.1 Å². The summed E-state index contributed by atoms with van der Waals surface area (Å²) in [6, 6.07) is 24.1. The van der Waals surface area contributed by atoms with Gasteiger partial charge in [0, 0.05) is 5.02 Å². The van der Waals surface area contributed by atoms with E-state index in [1.165, 1.54) is 4.57 Å². The maximum Gasteiger partial charge on any atom is 0.332 e. The molecule has 0 fully saturated rings. The van der Waals surface area contributed by atoms with Gasteiger partial charge in [0.2, 0.25) is 0 Å². The minimum Gasteiger partial charge on any atom is -0.289 e. The molecule has 0 atom stereocenters. The molecule has 134 valence electrons. The molecule has 4 rings (SSSR count). The first-order chi connectivity index (χ1) is 13.1. The molecule has 1 aromatic heterocycles. The van der Waals surface area contributed by atoms with E-state index in [2.05, 4.69) is 0 Å². The Morgan fingerprint density at radius 2 is 1.37 bits per heavy atom. The Balaban J connectivity index is 1.93. The van der Waals surface area contributed by atoms with Gasteiger partial charge in [0.15, 0.2) is 0 Å². The van der Waals surface area contributed by atoms with Crippen LogP contribution >= 0.6 is 11.6 Å². The third kappa shape index (κ3) is 3.32. The summed E-state index contributed by atoms with van der Waals surface area (Å²) in [6.07, 6.45) is 0. The summed E-state index contributed by atoms with van der Waals surface area (Å²) < 4.78 is 2.90. The van der Waals surface area contributed by atoms with Crippen molar-refractivity contribution >= 4 is 22.5 Å². The summed E-state index contributed by atoms with van der Waals surface area (Å²) in [5.74, 6) is 0. The van der Waals surface area contributed by atoms with Crippen LogP contribution in [-0.4, -0.2) is 9.13 Å². The molecule has 0 radical (unpaired) electrons. The molecule has 0 aliphatic heterocycles. The average Bonchev–Trinajstić information content (AvgIpc) is 2.70. The Morgan fingerprint density at radius 3 is 2.15 bits per heavy atom. The maximum absolute atomic E-state index is 13.2. The first-order valence-electron chi connectivity index (χ1n) is 8.65. The molecule has 4 aromatic rings. The summed E-state index contributed by atoms with van der Waals surface area (Å²) in [5, 5.41) is 1.11. The summed E-state index contributed by atoms with van der Waals surface area (Å²) in [6.45, 7) is 0.528. The Labute approximate surface area is 160 Å². The van der Waals surface area contributed by atoms with Gasteiger partial charge in [0.25, 0.3) is 5.56 Å². The van der Waals surface area contributed by atoms with Crippen molar-refractivity contribution in [2.75, 3.05) is 0 Å². The molecule has 3 aromatic carbocycles. The summed E-state index contributed by atoms with van der Waals surface area (Å²) in [5.41, 5.74) is 1.71. The second kappa shape index (κ2) is 7.25. The SMILES string of the molecule is O=c1c2ccccc2n(Cc2ccccc2Cl)c(=O)n1Cc1ccccc1. The van der Waals surface area contributed by atoms with Gasteiger partial charge in [-0.3, -0.25) is 13.9 Å². The lowest BCUT2D eigenvalue weighted by Gasteiger charge is -2.15. The van der Waals surface area contributed by atoms with Gasteiger partial charge >= 0.3 is 5.69 Å². The predicted octanol–water partition coefficient (Wildman–Crippen LogP) is 3.91. The van der Waals surface area contributed by atoms with Gasteiger partial charge in [0.1, 0.15) is 0 Å². The standard InChI is InChI=1S/C22H17ClN2O2/c23-19-12-6-4-10-17(19)15-24-20-13-7-5-11-18(20)21(26)25(22(24)27)14-16-8-2-1-3-9-16/h1-13H,14-15H2. The maximum atomic E-state index is 13.2. The van der Waals surface area contributed by atoms with E-state index in [4.69, 9.17) is 11.6 Å². The summed E-state index contributed by atoms with van der Waals surface area (Å²) in [4.78, 5) is 26.2. The third-order valence-electron chi connectivity index (χ3n) is 4.60. The topological polar surface area (TPSA) is 44.0 Å². The highest BCUT2D eigenvalue weighted by atomic mass is 35.5. The van der Waals surface area contributed by atoms with Crippen molar-refractivity contribution in [3.8, 4) is 0 Å². The van der Waals surface area contributed by atoms with Crippen LogP contribution in [0, 0.1) is 0 Å². The van der Waals surface area contributed by atoms with Crippen molar-refractivity contribution in [2.24, 2.45) is 0 Å². The second-order valence-corrected chi connectivity index (χ2v) is 6.76. The van der Waals surface area contributed by atoms with E-state index in [0.29, 0.717) is 22.5 Å². The molecular formula is C22H17ClN2O2. The Bertz CT molecular complexity index is 1230. The van der Waals surface area contributed by atoms with Crippen LogP contribution in [0.4, 0.5) is 0 Å². The van der Waals surface area contributed by atoms with Gasteiger partial charge in [-0.05, 0) is 29.3 Å². The van der Waals surface area contributed by atoms with Gasteiger partial charge in [-0.25, -0.2) is 4.79 Å². The van der Waals surface area contributed by atoms with Crippen LogP contribution in [0.5, 0.6) is 0 Å². The highest BCUT2D eigenvalue weighted by Gasteiger charge is 2.14. The van der Waals surface area contributed by atoms with Crippen molar-refractivity contribution in [2.45, 2.75) is 13.1 Å².